The molecule has 1 nitrogen and oxygen atoms in total. The van der Waals surface area contributed by atoms with E-state index < -0.39 is 18.3 Å². The third kappa shape index (κ3) is 2.57. The molecule has 2 rings (SSSR count). The molecule has 96 valence electrons. The molecule has 0 fully saturated rings. The van der Waals surface area contributed by atoms with Gasteiger partial charge in [-0.2, -0.15) is 13.2 Å². The highest BCUT2D eigenvalue weighted by molar-refractivity contribution is 7.13. The molecule has 1 aromatic carbocycles. The Morgan fingerprint density at radius 2 is 1.94 bits per heavy atom. The zero-order valence-corrected chi connectivity index (χ0v) is 10.4. The third-order valence-corrected chi connectivity index (χ3v) is 3.68. The van der Waals surface area contributed by atoms with Crippen LogP contribution in [-0.4, -0.2) is 5.11 Å². The highest BCUT2D eigenvalue weighted by atomic mass is 32.1. The van der Waals surface area contributed by atoms with Gasteiger partial charge in [0.25, 0.3) is 0 Å². The van der Waals surface area contributed by atoms with Crippen molar-refractivity contribution in [2.45, 2.75) is 19.7 Å². The lowest BCUT2D eigenvalue weighted by Crippen LogP contribution is -2.06. The molecule has 0 amide bonds. The maximum Gasteiger partial charge on any atom is 0.416 e. The zero-order valence-electron chi connectivity index (χ0n) is 9.58. The summed E-state index contributed by atoms with van der Waals surface area (Å²) in [5, 5.41) is 11.1. The molecule has 1 N–H and O–H groups in total. The molecule has 0 saturated heterocycles. The van der Waals surface area contributed by atoms with E-state index in [2.05, 4.69) is 0 Å². The Kier molecular flexibility index (Phi) is 3.45. The minimum absolute atomic E-state index is 0.298. The monoisotopic (exact) mass is 272 g/mol. The van der Waals surface area contributed by atoms with Crippen LogP contribution in [0.4, 0.5) is 13.2 Å². The number of rotatable bonds is 2. The average molecular weight is 272 g/mol. The van der Waals surface area contributed by atoms with Gasteiger partial charge in [-0.05, 0) is 47.2 Å². The fraction of sp³-hybridized carbons (Fsp3) is 0.231. The number of benzene rings is 1. The normalized spacial score (nSPS) is 11.8. The summed E-state index contributed by atoms with van der Waals surface area (Å²) in [5.41, 5.74) is 1.28. The predicted molar refractivity (Wildman–Crippen MR) is 65.4 cm³/mol. The van der Waals surface area contributed by atoms with Crippen molar-refractivity contribution < 1.29 is 18.3 Å². The van der Waals surface area contributed by atoms with Crippen LogP contribution in [0.1, 0.15) is 16.7 Å². The van der Waals surface area contributed by atoms with E-state index in [-0.39, 0.29) is 0 Å². The summed E-state index contributed by atoms with van der Waals surface area (Å²) >= 11 is 1.45. The molecule has 18 heavy (non-hydrogen) atoms. The third-order valence-electron chi connectivity index (χ3n) is 2.60. The van der Waals surface area contributed by atoms with Crippen LogP contribution in [0.3, 0.4) is 0 Å². The van der Waals surface area contributed by atoms with Crippen LogP contribution in [0.25, 0.3) is 10.4 Å². The minimum Gasteiger partial charge on any atom is -0.392 e. The molecule has 0 saturated carbocycles. The minimum atomic E-state index is -4.38. The Balaban J connectivity index is 2.50. The number of hydrogen-bond donors (Lipinski definition) is 1. The molecule has 0 aliphatic rings. The van der Waals surface area contributed by atoms with Gasteiger partial charge in [0.05, 0.1) is 12.2 Å². The second kappa shape index (κ2) is 4.74. The van der Waals surface area contributed by atoms with Gasteiger partial charge in [0.2, 0.25) is 0 Å². The van der Waals surface area contributed by atoms with E-state index in [9.17, 15) is 18.3 Å². The number of alkyl halides is 3. The number of hydrogen-bond acceptors (Lipinski definition) is 2. The van der Waals surface area contributed by atoms with Crippen LogP contribution >= 0.6 is 11.3 Å². The van der Waals surface area contributed by atoms with Crippen molar-refractivity contribution in [2.75, 3.05) is 0 Å². The Morgan fingerprint density at radius 3 is 2.44 bits per heavy atom. The van der Waals surface area contributed by atoms with Crippen molar-refractivity contribution in [3.05, 3.63) is 46.3 Å². The second-order valence-corrected chi connectivity index (χ2v) is 4.93. The summed E-state index contributed by atoms with van der Waals surface area (Å²) in [5.74, 6) is 0. The Hall–Kier alpha value is -1.33. The molecule has 1 heterocycles. The standard InChI is InChI=1S/C13H11F3OS/c1-8-4-12(18-7-8)11-3-2-10(13(14,15)16)5-9(11)6-17/h2-5,7,17H,6H2,1H3. The van der Waals surface area contributed by atoms with Gasteiger partial charge in [0.15, 0.2) is 0 Å². The number of aryl methyl sites for hydroxylation is 1. The fourth-order valence-electron chi connectivity index (χ4n) is 1.71. The van der Waals surface area contributed by atoms with Gasteiger partial charge in [-0.25, -0.2) is 0 Å². The van der Waals surface area contributed by atoms with Crippen LogP contribution in [0, 0.1) is 6.92 Å². The first-order chi connectivity index (χ1) is 8.41. The van der Waals surface area contributed by atoms with Gasteiger partial charge in [-0.1, -0.05) is 6.07 Å². The Bertz CT molecular complexity index is 558. The van der Waals surface area contributed by atoms with Gasteiger partial charge in [0, 0.05) is 4.88 Å². The summed E-state index contributed by atoms with van der Waals surface area (Å²) < 4.78 is 37.7. The van der Waals surface area contributed by atoms with Crippen molar-refractivity contribution in [1.29, 1.82) is 0 Å². The van der Waals surface area contributed by atoms with E-state index in [4.69, 9.17) is 0 Å². The molecular weight excluding hydrogens is 261 g/mol. The molecule has 2 aromatic rings. The van der Waals surface area contributed by atoms with Crippen molar-refractivity contribution in [1.82, 2.24) is 0 Å². The van der Waals surface area contributed by atoms with Crippen molar-refractivity contribution in [3.63, 3.8) is 0 Å². The quantitative estimate of drug-likeness (QED) is 0.867. The summed E-state index contributed by atoms with van der Waals surface area (Å²) in [6.07, 6.45) is -4.38. The molecule has 0 unspecified atom stereocenters. The first-order valence-corrected chi connectivity index (χ1v) is 6.16. The van der Waals surface area contributed by atoms with Crippen LogP contribution < -0.4 is 0 Å². The first-order valence-electron chi connectivity index (χ1n) is 5.28. The van der Waals surface area contributed by atoms with E-state index in [1.165, 1.54) is 17.4 Å². The average Bonchev–Trinajstić information content (AvgIpc) is 2.73. The Morgan fingerprint density at radius 1 is 1.22 bits per heavy atom. The van der Waals surface area contributed by atoms with Crippen LogP contribution in [0.5, 0.6) is 0 Å². The largest absolute Gasteiger partial charge is 0.416 e. The molecule has 0 aliphatic carbocycles. The molecule has 0 spiro atoms. The molecule has 0 radical (unpaired) electrons. The van der Waals surface area contributed by atoms with E-state index in [1.54, 1.807) is 0 Å². The lowest BCUT2D eigenvalue weighted by atomic mass is 10.0. The summed E-state index contributed by atoms with van der Waals surface area (Å²) in [7, 11) is 0. The topological polar surface area (TPSA) is 20.2 Å². The Labute approximate surface area is 107 Å². The van der Waals surface area contributed by atoms with E-state index >= 15 is 0 Å². The van der Waals surface area contributed by atoms with Crippen molar-refractivity contribution in [2.24, 2.45) is 0 Å². The molecule has 5 heteroatoms. The van der Waals surface area contributed by atoms with Gasteiger partial charge in [-0.3, -0.25) is 0 Å². The summed E-state index contributed by atoms with van der Waals surface area (Å²) in [6.45, 7) is 1.51. The lowest BCUT2D eigenvalue weighted by Gasteiger charge is -2.11. The number of halogens is 3. The van der Waals surface area contributed by atoms with Crippen LogP contribution in [0.15, 0.2) is 29.6 Å². The van der Waals surface area contributed by atoms with Gasteiger partial charge in [-0.15, -0.1) is 11.3 Å². The SMILES string of the molecule is Cc1csc(-c2ccc(C(F)(F)F)cc2CO)c1. The number of aliphatic hydroxyl groups is 1. The molecule has 0 atom stereocenters. The van der Waals surface area contributed by atoms with E-state index in [0.717, 1.165) is 22.6 Å². The first kappa shape index (κ1) is 13.1. The number of aliphatic hydroxyl groups excluding tert-OH is 1. The maximum atomic E-state index is 12.6. The van der Waals surface area contributed by atoms with Gasteiger partial charge < -0.3 is 5.11 Å². The molecule has 0 bridgehead atoms. The lowest BCUT2D eigenvalue weighted by molar-refractivity contribution is -0.137. The molecule has 0 aliphatic heterocycles. The van der Waals surface area contributed by atoms with Crippen molar-refractivity contribution >= 4 is 11.3 Å². The fourth-order valence-corrected chi connectivity index (χ4v) is 2.67. The van der Waals surface area contributed by atoms with Gasteiger partial charge in [0.1, 0.15) is 0 Å². The zero-order chi connectivity index (χ0) is 13.3. The maximum absolute atomic E-state index is 12.6. The van der Waals surface area contributed by atoms with Gasteiger partial charge >= 0.3 is 6.18 Å². The van der Waals surface area contributed by atoms with Crippen molar-refractivity contribution in [3.8, 4) is 10.4 Å². The number of thiophene rings is 1. The smallest absolute Gasteiger partial charge is 0.392 e. The second-order valence-electron chi connectivity index (χ2n) is 4.02. The highest BCUT2D eigenvalue weighted by Crippen LogP contribution is 2.35. The van der Waals surface area contributed by atoms with E-state index in [0.29, 0.717) is 11.1 Å². The van der Waals surface area contributed by atoms with Crippen LogP contribution in [0.2, 0.25) is 0 Å². The molecular formula is C13H11F3OS. The van der Waals surface area contributed by atoms with E-state index in [1.807, 2.05) is 18.4 Å². The van der Waals surface area contributed by atoms with Crippen LogP contribution in [-0.2, 0) is 12.8 Å². The predicted octanol–water partition coefficient (Wildman–Crippen LogP) is 4.23. The summed E-state index contributed by atoms with van der Waals surface area (Å²) in [4.78, 5) is 0.866. The summed E-state index contributed by atoms with van der Waals surface area (Å²) in [6, 6.07) is 5.36. The molecule has 1 aromatic heterocycles. The highest BCUT2D eigenvalue weighted by Gasteiger charge is 2.31.